The van der Waals surface area contributed by atoms with E-state index in [2.05, 4.69) is 10.6 Å². The van der Waals surface area contributed by atoms with E-state index in [1.807, 2.05) is 17.7 Å². The van der Waals surface area contributed by atoms with Gasteiger partial charge in [0, 0.05) is 43.3 Å². The number of amides is 1. The maximum atomic E-state index is 14.0. The first-order valence-corrected chi connectivity index (χ1v) is 15.9. The molecule has 2 aromatic carbocycles. The van der Waals surface area contributed by atoms with E-state index in [0.29, 0.717) is 35.9 Å². The summed E-state index contributed by atoms with van der Waals surface area (Å²) in [5.74, 6) is -0.817. The van der Waals surface area contributed by atoms with Gasteiger partial charge in [0.25, 0.3) is 5.91 Å². The van der Waals surface area contributed by atoms with E-state index in [0.717, 1.165) is 48.6 Å². The molecule has 0 spiro atoms. The highest BCUT2D eigenvalue weighted by atomic mass is 32.2. The van der Waals surface area contributed by atoms with Crippen LogP contribution in [0.15, 0.2) is 42.6 Å². The number of carbonyl (C=O) groups excluding carboxylic acids is 1. The molecule has 2 heterocycles. The van der Waals surface area contributed by atoms with Crippen molar-refractivity contribution in [2.75, 3.05) is 23.7 Å². The van der Waals surface area contributed by atoms with Crippen molar-refractivity contribution >= 4 is 32.5 Å². The molecule has 0 unspecified atom stereocenters. The molecular formula is C30H39FN4O4S. The zero-order valence-corrected chi connectivity index (χ0v) is 24.0. The van der Waals surface area contributed by atoms with Gasteiger partial charge in [-0.2, -0.15) is 0 Å². The number of halogens is 1. The van der Waals surface area contributed by atoms with Crippen molar-refractivity contribution in [3.8, 4) is 0 Å². The van der Waals surface area contributed by atoms with Crippen molar-refractivity contribution in [3.05, 3.63) is 65.1 Å². The van der Waals surface area contributed by atoms with Crippen LogP contribution >= 0.6 is 0 Å². The summed E-state index contributed by atoms with van der Waals surface area (Å²) in [7, 11) is -2.02. The van der Waals surface area contributed by atoms with Crippen LogP contribution in [0.1, 0.15) is 60.5 Å². The van der Waals surface area contributed by atoms with Crippen molar-refractivity contribution in [2.45, 2.75) is 76.6 Å². The van der Waals surface area contributed by atoms with Crippen LogP contribution in [0.3, 0.4) is 0 Å². The van der Waals surface area contributed by atoms with Gasteiger partial charge in [-0.25, -0.2) is 12.8 Å². The molecule has 3 N–H and O–H groups in total. The second-order valence-corrected chi connectivity index (χ2v) is 13.2. The van der Waals surface area contributed by atoms with Crippen LogP contribution in [0, 0.1) is 5.82 Å². The summed E-state index contributed by atoms with van der Waals surface area (Å²) >= 11 is 0. The minimum absolute atomic E-state index is 0.0253. The Morgan fingerprint density at radius 3 is 2.67 bits per heavy atom. The summed E-state index contributed by atoms with van der Waals surface area (Å²) in [4.78, 5) is 13.7. The first-order chi connectivity index (χ1) is 19.2. The number of aliphatic hydroxyl groups is 1. The van der Waals surface area contributed by atoms with Gasteiger partial charge in [-0.3, -0.25) is 9.10 Å². The second-order valence-electron chi connectivity index (χ2n) is 11.1. The summed E-state index contributed by atoms with van der Waals surface area (Å²) in [6.07, 6.45) is 7.72. The van der Waals surface area contributed by atoms with E-state index < -0.39 is 28.1 Å². The fourth-order valence-electron chi connectivity index (χ4n) is 6.01. The molecule has 1 amide bonds. The third kappa shape index (κ3) is 6.04. The summed E-state index contributed by atoms with van der Waals surface area (Å²) in [6, 6.07) is 9.24. The topological polar surface area (TPSA) is 104 Å². The fraction of sp³-hybridized carbons (Fsp3) is 0.500. The number of nitrogens with zero attached hydrogens (tertiary/aromatic N) is 2. The summed E-state index contributed by atoms with van der Waals surface area (Å²) in [5, 5.41) is 18.5. The number of hydrogen-bond donors (Lipinski definition) is 3. The number of nitrogens with one attached hydrogen (secondary N) is 2. The van der Waals surface area contributed by atoms with Crippen LogP contribution in [0.5, 0.6) is 0 Å². The van der Waals surface area contributed by atoms with Crippen molar-refractivity contribution in [1.29, 1.82) is 0 Å². The fourth-order valence-corrected chi connectivity index (χ4v) is 7.15. The molecule has 1 aliphatic heterocycles. The first kappa shape index (κ1) is 28.6. The highest BCUT2D eigenvalue weighted by Crippen LogP contribution is 2.35. The molecule has 0 saturated heterocycles. The Balaban J connectivity index is 1.44. The van der Waals surface area contributed by atoms with Crippen molar-refractivity contribution < 1.29 is 22.7 Å². The number of rotatable bonds is 9. The number of anilines is 1. The molecule has 8 nitrogen and oxygen atoms in total. The van der Waals surface area contributed by atoms with Crippen LogP contribution < -0.4 is 14.9 Å². The van der Waals surface area contributed by atoms with Crippen LogP contribution in [-0.4, -0.2) is 61.5 Å². The Kier molecular flexibility index (Phi) is 8.49. The maximum Gasteiger partial charge on any atom is 0.251 e. The number of aryl methyl sites for hydroxylation is 2. The molecule has 0 bridgehead atoms. The highest BCUT2D eigenvalue weighted by Gasteiger charge is 2.29. The molecule has 1 aromatic heterocycles. The van der Waals surface area contributed by atoms with Crippen LogP contribution in [0.4, 0.5) is 10.1 Å². The van der Waals surface area contributed by atoms with Gasteiger partial charge in [-0.1, -0.05) is 38.3 Å². The van der Waals surface area contributed by atoms with Crippen molar-refractivity contribution in [2.24, 2.45) is 0 Å². The molecular weight excluding hydrogens is 531 g/mol. The first-order valence-electron chi connectivity index (χ1n) is 14.3. The lowest BCUT2D eigenvalue weighted by atomic mass is 9.94. The Morgan fingerprint density at radius 1 is 1.18 bits per heavy atom. The van der Waals surface area contributed by atoms with Gasteiger partial charge in [0.1, 0.15) is 5.82 Å². The number of sulfonamides is 1. The molecule has 3 aromatic rings. The minimum atomic E-state index is -3.55. The van der Waals surface area contributed by atoms with Crippen LogP contribution in [0.2, 0.25) is 0 Å². The quantitative estimate of drug-likeness (QED) is 0.364. The number of carbonyl (C=O) groups is 1. The maximum absolute atomic E-state index is 14.0. The highest BCUT2D eigenvalue weighted by molar-refractivity contribution is 7.92. The average molecular weight is 571 g/mol. The molecule has 2 aliphatic rings. The van der Waals surface area contributed by atoms with Gasteiger partial charge in [0.15, 0.2) is 0 Å². The molecule has 216 valence electrons. The average Bonchev–Trinajstić information content (AvgIpc) is 3.27. The van der Waals surface area contributed by atoms with Crippen LogP contribution in [0.25, 0.3) is 10.9 Å². The normalized spacial score (nSPS) is 18.9. The lowest BCUT2D eigenvalue weighted by Gasteiger charge is -2.28. The van der Waals surface area contributed by atoms with Gasteiger partial charge < -0.3 is 20.3 Å². The summed E-state index contributed by atoms with van der Waals surface area (Å²) in [6.45, 7) is 2.68. The minimum Gasteiger partial charge on any atom is -0.390 e. The van der Waals surface area contributed by atoms with E-state index in [1.165, 1.54) is 29.9 Å². The van der Waals surface area contributed by atoms with E-state index in [9.17, 15) is 22.7 Å². The summed E-state index contributed by atoms with van der Waals surface area (Å²) < 4.78 is 43.0. The molecule has 5 rings (SSSR count). The van der Waals surface area contributed by atoms with E-state index >= 15 is 0 Å². The molecule has 1 fully saturated rings. The molecule has 40 heavy (non-hydrogen) atoms. The predicted octanol–water partition coefficient (Wildman–Crippen LogP) is 3.75. The number of aromatic nitrogens is 1. The van der Waals surface area contributed by atoms with Gasteiger partial charge in [-0.15, -0.1) is 0 Å². The van der Waals surface area contributed by atoms with Crippen molar-refractivity contribution in [3.63, 3.8) is 0 Å². The SMILES string of the molecule is CCc1cn2c3c(cc(C(=O)N[C@@H](Cc4cccc(F)c4)[C@H](O)CNC4CCCCC4)cc13)N(C)S(=O)(=O)CC2. The molecule has 1 aliphatic carbocycles. The second kappa shape index (κ2) is 11.9. The number of hydrogen-bond acceptors (Lipinski definition) is 5. The zero-order valence-electron chi connectivity index (χ0n) is 23.2. The third-order valence-electron chi connectivity index (χ3n) is 8.37. The molecule has 1 saturated carbocycles. The molecule has 10 heteroatoms. The van der Waals surface area contributed by atoms with Gasteiger partial charge in [-0.05, 0) is 61.1 Å². The lowest BCUT2D eigenvalue weighted by molar-refractivity contribution is 0.0821. The van der Waals surface area contributed by atoms with Gasteiger partial charge >= 0.3 is 0 Å². The zero-order chi connectivity index (χ0) is 28.4. The third-order valence-corrected chi connectivity index (χ3v) is 10.1. The van der Waals surface area contributed by atoms with Gasteiger partial charge in [0.05, 0.1) is 29.1 Å². The Hall–Kier alpha value is -2.95. The molecule has 2 atom stereocenters. The van der Waals surface area contributed by atoms with Crippen molar-refractivity contribution in [1.82, 2.24) is 15.2 Å². The Morgan fingerprint density at radius 2 is 1.95 bits per heavy atom. The number of benzene rings is 2. The van der Waals surface area contributed by atoms with E-state index in [4.69, 9.17) is 0 Å². The lowest BCUT2D eigenvalue weighted by Crippen LogP contribution is -2.50. The Labute approximate surface area is 235 Å². The number of aliphatic hydroxyl groups excluding tert-OH is 1. The predicted molar refractivity (Wildman–Crippen MR) is 156 cm³/mol. The van der Waals surface area contributed by atoms with E-state index in [1.54, 1.807) is 24.3 Å². The largest absolute Gasteiger partial charge is 0.390 e. The van der Waals surface area contributed by atoms with Gasteiger partial charge in [0.2, 0.25) is 10.0 Å². The Bertz CT molecular complexity index is 1480. The van der Waals surface area contributed by atoms with Crippen LogP contribution in [-0.2, 0) is 29.4 Å². The summed E-state index contributed by atoms with van der Waals surface area (Å²) in [5.41, 5.74) is 3.27. The van der Waals surface area contributed by atoms with E-state index in [-0.39, 0.29) is 18.0 Å². The standard InChI is InChI=1S/C30H39FN4O4S/c1-3-21-19-35-12-13-40(38,39)34(2)27-17-22(16-25(21)29(27)35)30(37)33-26(15-20-8-7-9-23(31)14-20)28(36)18-32-24-10-5-4-6-11-24/h7-9,14,16-17,19,24,26,28,32,36H,3-6,10-13,15,18H2,1-2H3,(H,33,37)/t26-,28+/m0/s1. The molecule has 0 radical (unpaired) electrons. The monoisotopic (exact) mass is 570 g/mol. The smallest absolute Gasteiger partial charge is 0.251 e.